The Morgan fingerprint density at radius 2 is 2.16 bits per heavy atom. The van der Waals surface area contributed by atoms with E-state index in [-0.39, 0.29) is 17.1 Å². The molecular formula is C17H9ClN4O3. The van der Waals surface area contributed by atoms with Gasteiger partial charge in [0.25, 0.3) is 11.6 Å². The highest BCUT2D eigenvalue weighted by atomic mass is 35.5. The summed E-state index contributed by atoms with van der Waals surface area (Å²) in [6, 6.07) is 7.71. The first-order chi connectivity index (χ1) is 12.0. The summed E-state index contributed by atoms with van der Waals surface area (Å²) in [4.78, 5) is 30.6. The van der Waals surface area contributed by atoms with Gasteiger partial charge in [-0.05, 0) is 29.9 Å². The van der Waals surface area contributed by atoms with E-state index in [9.17, 15) is 20.2 Å². The molecule has 0 saturated carbocycles. The zero-order valence-corrected chi connectivity index (χ0v) is 13.3. The number of carbonyl (C=O) groups is 1. The molecule has 0 spiro atoms. The molecule has 1 aliphatic heterocycles. The van der Waals surface area contributed by atoms with Gasteiger partial charge in [-0.2, -0.15) is 10.3 Å². The number of amidine groups is 1. The lowest BCUT2D eigenvalue weighted by molar-refractivity contribution is -0.384. The number of benzene rings is 1. The van der Waals surface area contributed by atoms with Crippen molar-refractivity contribution in [3.05, 3.63) is 68.8 Å². The summed E-state index contributed by atoms with van der Waals surface area (Å²) in [6.45, 7) is 0. The van der Waals surface area contributed by atoms with Gasteiger partial charge in [-0.25, -0.2) is 4.99 Å². The summed E-state index contributed by atoms with van der Waals surface area (Å²) in [6.07, 6.45) is 6.14. The molecule has 1 heterocycles. The van der Waals surface area contributed by atoms with Gasteiger partial charge >= 0.3 is 0 Å². The third-order valence-electron chi connectivity index (χ3n) is 3.53. The highest BCUT2D eigenvalue weighted by Gasteiger charge is 2.28. The first-order valence-corrected chi connectivity index (χ1v) is 7.49. The second-order valence-corrected chi connectivity index (χ2v) is 5.63. The van der Waals surface area contributed by atoms with E-state index in [4.69, 9.17) is 11.6 Å². The molecule has 8 heteroatoms. The molecule has 1 unspecified atom stereocenters. The predicted molar refractivity (Wildman–Crippen MR) is 93.1 cm³/mol. The van der Waals surface area contributed by atoms with Crippen LogP contribution in [0.5, 0.6) is 0 Å². The number of halogens is 1. The standard InChI is InChI=1S/C17H9ClN4O3/c18-12-4-5-15-14(8-12)17(23)21-16(20-15)11(9-19)6-10-2-1-3-13(7-10)22(24)25/h1-8,14H/b11-6+. The maximum Gasteiger partial charge on any atom is 0.270 e. The van der Waals surface area contributed by atoms with Crippen LogP contribution in [-0.4, -0.2) is 22.4 Å². The summed E-state index contributed by atoms with van der Waals surface area (Å²) in [5.41, 5.74) is 0.813. The Morgan fingerprint density at radius 1 is 1.36 bits per heavy atom. The third-order valence-corrected chi connectivity index (χ3v) is 3.78. The first-order valence-electron chi connectivity index (χ1n) is 7.11. The van der Waals surface area contributed by atoms with E-state index in [1.807, 2.05) is 6.07 Å². The van der Waals surface area contributed by atoms with Crippen LogP contribution in [0.2, 0.25) is 0 Å². The second-order valence-electron chi connectivity index (χ2n) is 5.19. The SMILES string of the molecule is N#C/C(=C\c1cccc([N+](=O)[O-])c1)C1=NC(=O)C2C=C(Cl)C=CC2=N1. The van der Waals surface area contributed by atoms with E-state index in [1.165, 1.54) is 24.3 Å². The van der Waals surface area contributed by atoms with Crippen LogP contribution < -0.4 is 0 Å². The molecule has 122 valence electrons. The van der Waals surface area contributed by atoms with Gasteiger partial charge in [-0.15, -0.1) is 0 Å². The molecule has 0 bridgehead atoms. The number of nitrogens with zero attached hydrogens (tertiary/aromatic N) is 4. The van der Waals surface area contributed by atoms with Gasteiger partial charge < -0.3 is 0 Å². The minimum Gasteiger partial charge on any atom is -0.271 e. The molecule has 0 fully saturated rings. The van der Waals surface area contributed by atoms with Crippen LogP contribution in [0, 0.1) is 27.4 Å². The van der Waals surface area contributed by atoms with Gasteiger partial charge in [0.2, 0.25) is 0 Å². The molecule has 0 radical (unpaired) electrons. The van der Waals surface area contributed by atoms with Gasteiger partial charge in [-0.3, -0.25) is 14.9 Å². The van der Waals surface area contributed by atoms with Crippen molar-refractivity contribution in [2.75, 3.05) is 0 Å². The monoisotopic (exact) mass is 352 g/mol. The Morgan fingerprint density at radius 3 is 2.88 bits per heavy atom. The van der Waals surface area contributed by atoms with Crippen molar-refractivity contribution >= 4 is 40.8 Å². The number of nitriles is 1. The number of non-ortho nitro benzene ring substituents is 1. The number of allylic oxidation sites excluding steroid dienone is 3. The van der Waals surface area contributed by atoms with Gasteiger partial charge in [0.15, 0.2) is 5.84 Å². The smallest absolute Gasteiger partial charge is 0.270 e. The fourth-order valence-electron chi connectivity index (χ4n) is 2.36. The summed E-state index contributed by atoms with van der Waals surface area (Å²) in [5.74, 6) is -1.15. The van der Waals surface area contributed by atoms with Crippen molar-refractivity contribution in [2.24, 2.45) is 15.9 Å². The number of fused-ring (bicyclic) bond motifs is 1. The van der Waals surface area contributed by atoms with Gasteiger partial charge in [0.1, 0.15) is 12.0 Å². The molecule has 7 nitrogen and oxygen atoms in total. The third kappa shape index (κ3) is 3.44. The highest BCUT2D eigenvalue weighted by molar-refractivity contribution is 6.34. The molecule has 0 saturated heterocycles. The van der Waals surface area contributed by atoms with Crippen molar-refractivity contribution in [1.29, 1.82) is 5.26 Å². The Balaban J connectivity index is 1.99. The van der Waals surface area contributed by atoms with E-state index in [0.29, 0.717) is 16.3 Å². The Bertz CT molecular complexity index is 980. The van der Waals surface area contributed by atoms with Gasteiger partial charge in [-0.1, -0.05) is 23.7 Å². The average Bonchev–Trinajstić information content (AvgIpc) is 2.60. The predicted octanol–water partition coefficient (Wildman–Crippen LogP) is 3.19. The number of carbonyl (C=O) groups excluding carboxylic acids is 1. The number of nitro benzene ring substituents is 1. The molecule has 25 heavy (non-hydrogen) atoms. The van der Waals surface area contributed by atoms with E-state index in [1.54, 1.807) is 24.3 Å². The van der Waals surface area contributed by atoms with Crippen LogP contribution >= 0.6 is 11.6 Å². The molecular weight excluding hydrogens is 344 g/mol. The molecule has 0 N–H and O–H groups in total. The fourth-order valence-corrected chi connectivity index (χ4v) is 2.55. The Labute approximate surface area is 147 Å². The molecule has 1 aromatic carbocycles. The zero-order valence-electron chi connectivity index (χ0n) is 12.6. The average molecular weight is 353 g/mol. The minimum absolute atomic E-state index is 0.0265. The fraction of sp³-hybridized carbons (Fsp3) is 0.0588. The van der Waals surface area contributed by atoms with E-state index in [0.717, 1.165) is 0 Å². The van der Waals surface area contributed by atoms with Crippen molar-refractivity contribution in [3.8, 4) is 6.07 Å². The number of rotatable bonds is 3. The van der Waals surface area contributed by atoms with Crippen LogP contribution in [0.25, 0.3) is 6.08 Å². The second kappa shape index (κ2) is 6.63. The summed E-state index contributed by atoms with van der Waals surface area (Å²) in [7, 11) is 0. The van der Waals surface area contributed by atoms with E-state index < -0.39 is 16.7 Å². The minimum atomic E-state index is -0.654. The van der Waals surface area contributed by atoms with Crippen LogP contribution in [0.3, 0.4) is 0 Å². The lowest BCUT2D eigenvalue weighted by atomic mass is 9.96. The topological polar surface area (TPSA) is 109 Å². The van der Waals surface area contributed by atoms with Crippen LogP contribution in [0.1, 0.15) is 5.56 Å². The van der Waals surface area contributed by atoms with Crippen LogP contribution in [-0.2, 0) is 4.79 Å². The van der Waals surface area contributed by atoms with Crippen molar-refractivity contribution in [3.63, 3.8) is 0 Å². The summed E-state index contributed by atoms with van der Waals surface area (Å²) in [5, 5.41) is 20.6. The largest absolute Gasteiger partial charge is 0.271 e. The number of nitro groups is 1. The number of hydrogen-bond acceptors (Lipinski definition) is 5. The number of aliphatic imine (C=N–C) groups is 2. The number of hydrogen-bond donors (Lipinski definition) is 0. The molecule has 2 aliphatic rings. The summed E-state index contributed by atoms with van der Waals surface area (Å²) >= 11 is 5.88. The molecule has 1 amide bonds. The molecule has 0 aromatic heterocycles. The van der Waals surface area contributed by atoms with Gasteiger partial charge in [0.05, 0.1) is 16.2 Å². The van der Waals surface area contributed by atoms with Crippen molar-refractivity contribution in [2.45, 2.75) is 0 Å². The van der Waals surface area contributed by atoms with E-state index >= 15 is 0 Å². The molecule has 3 rings (SSSR count). The summed E-state index contributed by atoms with van der Waals surface area (Å²) < 4.78 is 0. The van der Waals surface area contributed by atoms with Crippen molar-refractivity contribution < 1.29 is 9.72 Å². The van der Waals surface area contributed by atoms with Crippen LogP contribution in [0.4, 0.5) is 5.69 Å². The lowest BCUT2D eigenvalue weighted by Crippen LogP contribution is -2.27. The Kier molecular flexibility index (Phi) is 4.37. The van der Waals surface area contributed by atoms with Crippen molar-refractivity contribution in [1.82, 2.24) is 0 Å². The molecule has 1 atom stereocenters. The maximum absolute atomic E-state index is 12.2. The Hall–Kier alpha value is -3.37. The molecule has 1 aromatic rings. The normalized spacial score (nSPS) is 19.4. The van der Waals surface area contributed by atoms with E-state index in [2.05, 4.69) is 9.98 Å². The highest BCUT2D eigenvalue weighted by Crippen LogP contribution is 2.24. The maximum atomic E-state index is 12.2. The zero-order chi connectivity index (χ0) is 18.0. The number of amides is 1. The molecule has 1 aliphatic carbocycles. The first kappa shape index (κ1) is 16.5. The van der Waals surface area contributed by atoms with Gasteiger partial charge in [0, 0.05) is 17.2 Å². The van der Waals surface area contributed by atoms with Crippen LogP contribution in [0.15, 0.2) is 63.1 Å². The lowest BCUT2D eigenvalue weighted by Gasteiger charge is -2.18. The quantitative estimate of drug-likeness (QED) is 0.472.